The Morgan fingerprint density at radius 2 is 1.88 bits per heavy atom. The molecule has 128 valence electrons. The molecule has 0 aliphatic carbocycles. The third-order valence-corrected chi connectivity index (χ3v) is 5.30. The van der Waals surface area contributed by atoms with E-state index in [1.807, 2.05) is 24.3 Å². The predicted molar refractivity (Wildman–Crippen MR) is 98.8 cm³/mol. The summed E-state index contributed by atoms with van der Waals surface area (Å²) in [6.45, 7) is 0. The van der Waals surface area contributed by atoms with Crippen LogP contribution in [0, 0.1) is 10.1 Å². The first-order valence-corrected chi connectivity index (χ1v) is 9.05. The van der Waals surface area contributed by atoms with Crippen LogP contribution >= 0.6 is 23.1 Å². The minimum absolute atomic E-state index is 0.0932. The highest BCUT2D eigenvalue weighted by molar-refractivity contribution is 8.00. The number of aromatic nitrogens is 2. The maximum absolute atomic E-state index is 10.7. The first kappa shape index (κ1) is 17.2. The summed E-state index contributed by atoms with van der Waals surface area (Å²) in [4.78, 5) is 10.2. The van der Waals surface area contributed by atoms with Crippen LogP contribution in [0.3, 0.4) is 0 Å². The monoisotopic (exact) mass is 374 g/mol. The van der Waals surface area contributed by atoms with E-state index >= 15 is 0 Å². The first-order valence-electron chi connectivity index (χ1n) is 7.25. The van der Waals surface area contributed by atoms with Crippen molar-refractivity contribution in [1.82, 2.24) is 10.2 Å². The number of ether oxygens (including phenoxy) is 1. The third kappa shape index (κ3) is 4.68. The van der Waals surface area contributed by atoms with Gasteiger partial charge in [-0.2, -0.15) is 0 Å². The quantitative estimate of drug-likeness (QED) is 0.370. The zero-order valence-electron chi connectivity index (χ0n) is 13.2. The van der Waals surface area contributed by atoms with Crippen molar-refractivity contribution in [3.05, 3.63) is 64.2 Å². The molecular weight excluding hydrogens is 360 g/mol. The maximum atomic E-state index is 10.7. The van der Waals surface area contributed by atoms with Gasteiger partial charge in [-0.05, 0) is 29.8 Å². The fourth-order valence-corrected chi connectivity index (χ4v) is 3.70. The summed E-state index contributed by atoms with van der Waals surface area (Å²) in [5, 5.41) is 22.8. The number of nitro benzene ring substituents is 1. The Morgan fingerprint density at radius 3 is 2.52 bits per heavy atom. The molecule has 25 heavy (non-hydrogen) atoms. The molecule has 0 saturated heterocycles. The predicted octanol–water partition coefficient (Wildman–Crippen LogP) is 4.49. The number of methoxy groups -OCH3 is 1. The Morgan fingerprint density at radius 1 is 1.16 bits per heavy atom. The Hall–Kier alpha value is -2.65. The minimum atomic E-state index is -0.404. The van der Waals surface area contributed by atoms with E-state index in [0.29, 0.717) is 10.9 Å². The van der Waals surface area contributed by atoms with Crippen molar-refractivity contribution in [2.45, 2.75) is 10.1 Å². The van der Waals surface area contributed by atoms with Crippen molar-refractivity contribution in [3.8, 4) is 5.75 Å². The van der Waals surface area contributed by atoms with E-state index < -0.39 is 4.92 Å². The number of nitrogens with one attached hydrogen (secondary N) is 1. The van der Waals surface area contributed by atoms with Crippen LogP contribution in [0.15, 0.2) is 52.9 Å². The van der Waals surface area contributed by atoms with E-state index in [1.54, 1.807) is 31.0 Å². The molecule has 0 radical (unpaired) electrons. The van der Waals surface area contributed by atoms with Gasteiger partial charge in [-0.25, -0.2) is 0 Å². The van der Waals surface area contributed by atoms with E-state index in [0.717, 1.165) is 21.3 Å². The van der Waals surface area contributed by atoms with Crippen LogP contribution < -0.4 is 10.1 Å². The Kier molecular flexibility index (Phi) is 5.46. The second-order valence-corrected chi connectivity index (χ2v) is 7.14. The highest BCUT2D eigenvalue weighted by atomic mass is 32.2. The van der Waals surface area contributed by atoms with Crippen molar-refractivity contribution in [2.24, 2.45) is 0 Å². The molecule has 1 heterocycles. The summed E-state index contributed by atoms with van der Waals surface area (Å²) in [6.07, 6.45) is 0. The minimum Gasteiger partial charge on any atom is -0.497 e. The van der Waals surface area contributed by atoms with Gasteiger partial charge < -0.3 is 10.1 Å². The fraction of sp³-hybridized carbons (Fsp3) is 0.125. The molecule has 0 bridgehead atoms. The molecule has 0 saturated carbocycles. The van der Waals surface area contributed by atoms with Crippen molar-refractivity contribution >= 4 is 39.6 Å². The van der Waals surface area contributed by atoms with E-state index in [1.165, 1.54) is 23.5 Å². The molecule has 7 nitrogen and oxygen atoms in total. The standard InChI is InChI=1S/C16H14N4O3S2/c1-23-14-8-4-12(5-9-14)17-15-18-19-16(25-15)24-10-11-2-6-13(7-3-11)20(21)22/h2-9H,10H2,1H3,(H,17,18). The van der Waals surface area contributed by atoms with E-state index in [9.17, 15) is 10.1 Å². The molecule has 3 aromatic rings. The number of benzene rings is 2. The molecule has 1 aromatic heterocycles. The lowest BCUT2D eigenvalue weighted by atomic mass is 10.2. The second-order valence-electron chi connectivity index (χ2n) is 4.94. The van der Waals surface area contributed by atoms with Gasteiger partial charge >= 0.3 is 0 Å². The molecule has 0 unspecified atom stereocenters. The van der Waals surface area contributed by atoms with Crippen LogP contribution in [0.2, 0.25) is 0 Å². The zero-order valence-corrected chi connectivity index (χ0v) is 14.8. The number of rotatable bonds is 7. The molecule has 9 heteroatoms. The van der Waals surface area contributed by atoms with E-state index in [-0.39, 0.29) is 5.69 Å². The van der Waals surface area contributed by atoms with Gasteiger partial charge in [0.1, 0.15) is 5.75 Å². The number of non-ortho nitro benzene ring substituents is 1. The largest absolute Gasteiger partial charge is 0.497 e. The first-order chi connectivity index (χ1) is 12.1. The topological polar surface area (TPSA) is 90.2 Å². The van der Waals surface area contributed by atoms with Crippen LogP contribution in [0.4, 0.5) is 16.5 Å². The van der Waals surface area contributed by atoms with Crippen LogP contribution in [0.1, 0.15) is 5.56 Å². The van der Waals surface area contributed by atoms with Gasteiger partial charge in [0.05, 0.1) is 12.0 Å². The van der Waals surface area contributed by atoms with Gasteiger partial charge in [-0.15, -0.1) is 10.2 Å². The number of nitro groups is 1. The van der Waals surface area contributed by atoms with Gasteiger partial charge in [-0.3, -0.25) is 10.1 Å². The number of hydrogen-bond acceptors (Lipinski definition) is 8. The molecule has 0 spiro atoms. The normalized spacial score (nSPS) is 10.4. The molecule has 0 atom stereocenters. The Labute approximate surface area is 152 Å². The summed E-state index contributed by atoms with van der Waals surface area (Å²) in [5.74, 6) is 1.47. The SMILES string of the molecule is COc1ccc(Nc2nnc(SCc3ccc([N+](=O)[O-])cc3)s2)cc1. The molecule has 1 N–H and O–H groups in total. The average Bonchev–Trinajstić information content (AvgIpc) is 3.08. The molecule has 2 aromatic carbocycles. The summed E-state index contributed by atoms with van der Waals surface area (Å²) >= 11 is 3.00. The lowest BCUT2D eigenvalue weighted by Gasteiger charge is -2.03. The van der Waals surface area contributed by atoms with Gasteiger partial charge in [0.25, 0.3) is 5.69 Å². The van der Waals surface area contributed by atoms with Crippen molar-refractivity contribution < 1.29 is 9.66 Å². The van der Waals surface area contributed by atoms with Crippen LogP contribution in [-0.4, -0.2) is 22.2 Å². The van der Waals surface area contributed by atoms with E-state index in [2.05, 4.69) is 15.5 Å². The summed E-state index contributed by atoms with van der Waals surface area (Å²) in [7, 11) is 1.63. The lowest BCUT2D eigenvalue weighted by Crippen LogP contribution is -1.89. The van der Waals surface area contributed by atoms with Crippen molar-refractivity contribution in [1.29, 1.82) is 0 Å². The highest BCUT2D eigenvalue weighted by Crippen LogP contribution is 2.30. The van der Waals surface area contributed by atoms with Crippen LogP contribution in [0.25, 0.3) is 0 Å². The summed E-state index contributed by atoms with van der Waals surface area (Å²) < 4.78 is 5.95. The number of anilines is 2. The zero-order chi connectivity index (χ0) is 17.6. The molecule has 3 rings (SSSR count). The lowest BCUT2D eigenvalue weighted by molar-refractivity contribution is -0.384. The number of thioether (sulfide) groups is 1. The van der Waals surface area contributed by atoms with Crippen molar-refractivity contribution in [2.75, 3.05) is 12.4 Å². The second kappa shape index (κ2) is 7.95. The molecular formula is C16H14N4O3S2. The van der Waals surface area contributed by atoms with Gasteiger partial charge in [-0.1, -0.05) is 35.2 Å². The van der Waals surface area contributed by atoms with Gasteiger partial charge in [0.15, 0.2) is 4.34 Å². The summed E-state index contributed by atoms with van der Waals surface area (Å²) in [6, 6.07) is 14.1. The average molecular weight is 374 g/mol. The van der Waals surface area contributed by atoms with Crippen LogP contribution in [-0.2, 0) is 5.75 Å². The fourth-order valence-electron chi connectivity index (χ4n) is 1.98. The maximum Gasteiger partial charge on any atom is 0.269 e. The molecule has 0 amide bonds. The van der Waals surface area contributed by atoms with E-state index in [4.69, 9.17) is 4.74 Å². The molecule has 0 aliphatic heterocycles. The Balaban J connectivity index is 1.56. The summed E-state index contributed by atoms with van der Waals surface area (Å²) in [5.41, 5.74) is 2.00. The number of nitrogens with zero attached hydrogens (tertiary/aromatic N) is 3. The number of hydrogen-bond donors (Lipinski definition) is 1. The third-order valence-electron chi connectivity index (χ3n) is 3.26. The molecule has 0 fully saturated rings. The Bertz CT molecular complexity index is 851. The highest BCUT2D eigenvalue weighted by Gasteiger charge is 2.08. The van der Waals surface area contributed by atoms with Crippen LogP contribution in [0.5, 0.6) is 5.75 Å². The van der Waals surface area contributed by atoms with Crippen molar-refractivity contribution in [3.63, 3.8) is 0 Å². The van der Waals surface area contributed by atoms with Gasteiger partial charge in [0, 0.05) is 23.6 Å². The van der Waals surface area contributed by atoms with Gasteiger partial charge in [0.2, 0.25) is 5.13 Å². The smallest absolute Gasteiger partial charge is 0.269 e. The molecule has 0 aliphatic rings.